The Morgan fingerprint density at radius 2 is 2.23 bits per heavy atom. The maximum atomic E-state index is 10.8. The van der Waals surface area contributed by atoms with Crippen LogP contribution in [0, 0.1) is 11.8 Å². The predicted octanol–water partition coefficient (Wildman–Crippen LogP) is 0.996. The minimum atomic E-state index is -0.177. The first-order chi connectivity index (χ1) is 6.15. The Balaban J connectivity index is 3.78. The highest BCUT2D eigenvalue weighted by molar-refractivity contribution is 6.27. The van der Waals surface area contributed by atoms with Gasteiger partial charge in [-0.3, -0.25) is 4.79 Å². The highest BCUT2D eigenvalue weighted by atomic mass is 35.5. The third-order valence-corrected chi connectivity index (χ3v) is 2.61. The van der Waals surface area contributed by atoms with Crippen molar-refractivity contribution in [3.05, 3.63) is 0 Å². The third-order valence-electron chi connectivity index (χ3n) is 2.37. The molecule has 0 aliphatic carbocycles. The second kappa shape index (κ2) is 7.15. The van der Waals surface area contributed by atoms with Crippen LogP contribution < -0.4 is 5.32 Å². The lowest BCUT2D eigenvalue weighted by atomic mass is 9.92. The van der Waals surface area contributed by atoms with Gasteiger partial charge in [0.05, 0.1) is 0 Å². The number of amides is 1. The molecule has 78 valence electrons. The first kappa shape index (κ1) is 12.7. The van der Waals surface area contributed by atoms with Crippen LogP contribution in [0.1, 0.15) is 20.3 Å². The van der Waals surface area contributed by atoms with Crippen molar-refractivity contribution < 1.29 is 9.90 Å². The van der Waals surface area contributed by atoms with Crippen molar-refractivity contribution in [3.8, 4) is 0 Å². The van der Waals surface area contributed by atoms with E-state index in [4.69, 9.17) is 16.7 Å². The van der Waals surface area contributed by atoms with E-state index in [9.17, 15) is 4.79 Å². The van der Waals surface area contributed by atoms with Crippen LogP contribution in [0.5, 0.6) is 0 Å². The van der Waals surface area contributed by atoms with Crippen molar-refractivity contribution in [3.63, 3.8) is 0 Å². The third kappa shape index (κ3) is 5.11. The Labute approximate surface area is 84.5 Å². The van der Waals surface area contributed by atoms with Crippen LogP contribution in [0.15, 0.2) is 0 Å². The number of aliphatic hydroxyl groups excluding tert-OH is 1. The van der Waals surface area contributed by atoms with Crippen molar-refractivity contribution >= 4 is 17.5 Å². The van der Waals surface area contributed by atoms with Gasteiger partial charge in [-0.2, -0.15) is 0 Å². The van der Waals surface area contributed by atoms with E-state index in [2.05, 4.69) is 19.2 Å². The molecule has 0 aromatic heterocycles. The summed E-state index contributed by atoms with van der Waals surface area (Å²) in [7, 11) is 0. The summed E-state index contributed by atoms with van der Waals surface area (Å²) in [5.74, 6) is 0.361. The van der Waals surface area contributed by atoms with E-state index >= 15 is 0 Å². The van der Waals surface area contributed by atoms with Gasteiger partial charge >= 0.3 is 0 Å². The fourth-order valence-electron chi connectivity index (χ4n) is 1.07. The molecule has 13 heavy (non-hydrogen) atoms. The van der Waals surface area contributed by atoms with E-state index in [0.717, 1.165) is 6.42 Å². The average molecular weight is 208 g/mol. The van der Waals surface area contributed by atoms with Gasteiger partial charge in [-0.1, -0.05) is 20.3 Å². The van der Waals surface area contributed by atoms with Gasteiger partial charge in [0, 0.05) is 19.1 Å². The molecule has 0 aromatic rings. The van der Waals surface area contributed by atoms with Crippen molar-refractivity contribution in [2.24, 2.45) is 11.8 Å². The minimum Gasteiger partial charge on any atom is -0.396 e. The molecule has 0 aliphatic heterocycles. The highest BCUT2D eigenvalue weighted by Gasteiger charge is 2.15. The second-order valence-electron chi connectivity index (χ2n) is 3.27. The standard InChI is InChI=1S/C9H18ClNO2/c1-3-7(2)8(6-12)5-11-9(13)4-10/h7-8,12H,3-6H2,1-2H3,(H,11,13). The van der Waals surface area contributed by atoms with E-state index in [1.165, 1.54) is 0 Å². The van der Waals surface area contributed by atoms with Gasteiger partial charge in [0.1, 0.15) is 5.88 Å². The van der Waals surface area contributed by atoms with E-state index in [-0.39, 0.29) is 24.3 Å². The van der Waals surface area contributed by atoms with Gasteiger partial charge in [-0.15, -0.1) is 11.6 Å². The number of nitrogens with one attached hydrogen (secondary N) is 1. The molecule has 0 aromatic carbocycles. The van der Waals surface area contributed by atoms with Gasteiger partial charge in [-0.25, -0.2) is 0 Å². The molecule has 3 nitrogen and oxygen atoms in total. The molecular formula is C9H18ClNO2. The van der Waals surface area contributed by atoms with E-state index in [0.29, 0.717) is 12.5 Å². The number of halogens is 1. The van der Waals surface area contributed by atoms with Crippen LogP contribution in [-0.2, 0) is 4.79 Å². The molecule has 2 atom stereocenters. The smallest absolute Gasteiger partial charge is 0.234 e. The molecule has 0 saturated carbocycles. The first-order valence-electron chi connectivity index (χ1n) is 4.59. The summed E-state index contributed by atoms with van der Waals surface area (Å²) >= 11 is 5.32. The second-order valence-corrected chi connectivity index (χ2v) is 3.53. The lowest BCUT2D eigenvalue weighted by molar-refractivity contribution is -0.119. The molecule has 0 rings (SSSR count). The highest BCUT2D eigenvalue weighted by Crippen LogP contribution is 2.13. The Morgan fingerprint density at radius 1 is 1.62 bits per heavy atom. The molecule has 0 saturated heterocycles. The number of hydrogen-bond donors (Lipinski definition) is 2. The van der Waals surface area contributed by atoms with Crippen molar-refractivity contribution in [2.75, 3.05) is 19.0 Å². The molecule has 2 unspecified atom stereocenters. The first-order valence-corrected chi connectivity index (χ1v) is 5.12. The molecule has 0 spiro atoms. The van der Waals surface area contributed by atoms with Gasteiger partial charge in [0.25, 0.3) is 0 Å². The molecular weight excluding hydrogens is 190 g/mol. The Morgan fingerprint density at radius 3 is 2.62 bits per heavy atom. The Hall–Kier alpha value is -0.280. The van der Waals surface area contributed by atoms with Crippen molar-refractivity contribution in [2.45, 2.75) is 20.3 Å². The van der Waals surface area contributed by atoms with Crippen LogP contribution in [0.3, 0.4) is 0 Å². The summed E-state index contributed by atoms with van der Waals surface area (Å²) < 4.78 is 0. The Kier molecular flexibility index (Phi) is 7.00. The normalized spacial score (nSPS) is 15.1. The number of carbonyl (C=O) groups is 1. The quantitative estimate of drug-likeness (QED) is 0.639. The van der Waals surface area contributed by atoms with Crippen LogP contribution in [0.2, 0.25) is 0 Å². The topological polar surface area (TPSA) is 49.3 Å². The molecule has 4 heteroatoms. The summed E-state index contributed by atoms with van der Waals surface area (Å²) in [5.41, 5.74) is 0. The van der Waals surface area contributed by atoms with Gasteiger partial charge in [-0.05, 0) is 5.92 Å². The fraction of sp³-hybridized carbons (Fsp3) is 0.889. The molecule has 2 N–H and O–H groups in total. The minimum absolute atomic E-state index is 0.0152. The molecule has 0 aliphatic rings. The summed E-state index contributed by atoms with van der Waals surface area (Å²) in [6.07, 6.45) is 1.00. The molecule has 1 amide bonds. The van der Waals surface area contributed by atoms with Crippen LogP contribution in [0.4, 0.5) is 0 Å². The number of rotatable bonds is 6. The Bertz CT molecular complexity index is 153. The molecule has 0 heterocycles. The summed E-state index contributed by atoms with van der Waals surface area (Å²) in [4.78, 5) is 10.8. The van der Waals surface area contributed by atoms with Crippen molar-refractivity contribution in [1.82, 2.24) is 5.32 Å². The number of alkyl halides is 1. The molecule has 0 fully saturated rings. The van der Waals surface area contributed by atoms with Gasteiger partial charge in [0.2, 0.25) is 5.91 Å². The van der Waals surface area contributed by atoms with Crippen LogP contribution in [0.25, 0.3) is 0 Å². The predicted molar refractivity (Wildman–Crippen MR) is 53.8 cm³/mol. The number of carbonyl (C=O) groups excluding carboxylic acids is 1. The number of hydrogen-bond acceptors (Lipinski definition) is 2. The van der Waals surface area contributed by atoms with Crippen molar-refractivity contribution in [1.29, 1.82) is 0 Å². The average Bonchev–Trinajstić information content (AvgIpc) is 2.17. The largest absolute Gasteiger partial charge is 0.396 e. The summed E-state index contributed by atoms with van der Waals surface area (Å²) in [6, 6.07) is 0. The van der Waals surface area contributed by atoms with E-state index < -0.39 is 0 Å². The van der Waals surface area contributed by atoms with Gasteiger partial charge < -0.3 is 10.4 Å². The molecule has 0 radical (unpaired) electrons. The zero-order chi connectivity index (χ0) is 10.3. The monoisotopic (exact) mass is 207 g/mol. The lowest BCUT2D eigenvalue weighted by Gasteiger charge is -2.20. The zero-order valence-corrected chi connectivity index (χ0v) is 8.97. The van der Waals surface area contributed by atoms with Crippen LogP contribution >= 0.6 is 11.6 Å². The van der Waals surface area contributed by atoms with E-state index in [1.807, 2.05) is 0 Å². The van der Waals surface area contributed by atoms with Gasteiger partial charge in [0.15, 0.2) is 0 Å². The van der Waals surface area contributed by atoms with E-state index in [1.54, 1.807) is 0 Å². The summed E-state index contributed by atoms with van der Waals surface area (Å²) in [6.45, 7) is 4.75. The van der Waals surface area contributed by atoms with Crippen LogP contribution in [-0.4, -0.2) is 30.0 Å². The zero-order valence-electron chi connectivity index (χ0n) is 8.22. The lowest BCUT2D eigenvalue weighted by Crippen LogP contribution is -2.34. The maximum Gasteiger partial charge on any atom is 0.234 e. The molecule has 0 bridgehead atoms. The maximum absolute atomic E-state index is 10.8. The summed E-state index contributed by atoms with van der Waals surface area (Å²) in [5, 5.41) is 11.7. The fourth-order valence-corrected chi connectivity index (χ4v) is 1.17. The number of aliphatic hydroxyl groups is 1. The SMILES string of the molecule is CCC(C)C(CO)CNC(=O)CCl.